The Labute approximate surface area is 360 Å². The Balaban J connectivity index is 1.15. The molecule has 312 valence electrons. The Morgan fingerprint density at radius 2 is 1.56 bits per heavy atom. The Morgan fingerprint density at radius 1 is 0.902 bits per heavy atom. The largest absolute Gasteiger partial charge is 0.508 e. The number of halogens is 2. The van der Waals surface area contributed by atoms with Gasteiger partial charge in [-0.3, -0.25) is 44.1 Å². The molecular weight excluding hydrogens is 849 g/mol. The van der Waals surface area contributed by atoms with Crippen LogP contribution in [0, 0.1) is 56.2 Å². The molecule has 2 aliphatic heterocycles. The summed E-state index contributed by atoms with van der Waals surface area (Å²) in [7, 11) is 4.44. The van der Waals surface area contributed by atoms with E-state index in [0.717, 1.165) is 42.5 Å². The van der Waals surface area contributed by atoms with E-state index in [9.17, 15) is 39.7 Å². The molecule has 2 aliphatic carbocycles. The molecule has 0 bridgehead atoms. The summed E-state index contributed by atoms with van der Waals surface area (Å²) in [5.41, 5.74) is -1.26. The maximum Gasteiger partial charge on any atom is 0.301 e. The van der Waals surface area contributed by atoms with Gasteiger partial charge in [0.05, 0.1) is 43.6 Å². The summed E-state index contributed by atoms with van der Waals surface area (Å²) < 4.78 is 2.45. The summed E-state index contributed by atoms with van der Waals surface area (Å²) in [4.78, 5) is 85.9. The Hall–Kier alpha value is -6.17. The summed E-state index contributed by atoms with van der Waals surface area (Å²) in [5.74, 6) is -7.59. The first kappa shape index (κ1) is 40.2. The smallest absolute Gasteiger partial charge is 0.301 e. The number of hydrogen-bond donors (Lipinski definition) is 1. The van der Waals surface area contributed by atoms with Crippen molar-refractivity contribution < 1.29 is 34.1 Å². The molecule has 4 aliphatic rings. The number of anilines is 3. The molecule has 2 saturated heterocycles. The van der Waals surface area contributed by atoms with Crippen molar-refractivity contribution in [3.05, 3.63) is 108 Å². The number of carbonyl (C=O) groups is 4. The lowest BCUT2D eigenvalue weighted by atomic mass is 9.51. The van der Waals surface area contributed by atoms with Crippen molar-refractivity contribution in [1.82, 2.24) is 9.78 Å². The van der Waals surface area contributed by atoms with Crippen molar-refractivity contribution in [1.29, 1.82) is 0 Å². The molecule has 4 heterocycles. The van der Waals surface area contributed by atoms with E-state index in [1.54, 1.807) is 32.2 Å². The summed E-state index contributed by atoms with van der Waals surface area (Å²) in [5, 5.41) is 42.4. The highest BCUT2D eigenvalue weighted by Crippen LogP contribution is 2.65. The summed E-state index contributed by atoms with van der Waals surface area (Å²) in [6.07, 6.45) is 1.73. The van der Waals surface area contributed by atoms with E-state index in [2.05, 4.69) is 0 Å². The lowest BCUT2D eigenvalue weighted by molar-refractivity contribution is -0.392. The van der Waals surface area contributed by atoms with Crippen LogP contribution in [0.5, 0.6) is 5.75 Å². The SMILES string of the molecule is Cc1c(-c2cc(N3C(=O)[C@@H]4C[C@@H]5C(=CC[C@@H]6C(=O)N(c7cc([N+](=O)[O-])c(N(C)C)c([N+](=O)[O-])c7)C(=O)[C@@H]65)[C@H](c5cc(Cl)ccc5O)[C@]4(C)C3=O)n(C)n2)sc2ccc(Cl)cc12. The van der Waals surface area contributed by atoms with Crippen LogP contribution in [0.15, 0.2) is 66.2 Å². The third-order valence-corrected chi connectivity index (χ3v) is 14.7. The summed E-state index contributed by atoms with van der Waals surface area (Å²) in [6.45, 7) is 3.62. The second-order valence-electron chi connectivity index (χ2n) is 16.3. The number of benzene rings is 3. The molecule has 3 fully saturated rings. The number of nitro groups is 2. The summed E-state index contributed by atoms with van der Waals surface area (Å²) in [6, 6.07) is 13.6. The molecule has 6 atom stereocenters. The maximum absolute atomic E-state index is 15.2. The molecule has 2 aromatic heterocycles. The lowest BCUT2D eigenvalue weighted by Gasteiger charge is -2.49. The molecule has 61 heavy (non-hydrogen) atoms. The number of fused-ring (bicyclic) bond motifs is 5. The standard InChI is InChI=1S/C42H35Cl2N7O9S/c1-18-24-12-20(44)7-11-32(24)61-37(18)28-17-33(47(5)45-28)49-39(54)27-16-25-22(35(42(27,2)41(49)56)26-13-19(43)6-10-31(26)52)8-9-23-34(25)40(55)48(38(23)53)21-14-29(50(57)58)36(46(3)4)30(15-21)51(59)60/h6-8,10-15,17,23,25,27,34-35,52H,9,16H2,1-5H3/t23-,25+,27-,34-,35+,42+/m0/s1. The van der Waals surface area contributed by atoms with Crippen molar-refractivity contribution >= 4 is 96.8 Å². The number of carbonyl (C=O) groups excluding carboxylic acids is 4. The minimum atomic E-state index is -1.53. The van der Waals surface area contributed by atoms with E-state index in [1.807, 2.05) is 19.1 Å². The highest BCUT2D eigenvalue weighted by atomic mass is 35.5. The molecule has 4 amide bonds. The summed E-state index contributed by atoms with van der Waals surface area (Å²) >= 11 is 14.3. The molecule has 0 spiro atoms. The van der Waals surface area contributed by atoms with Gasteiger partial charge < -0.3 is 10.0 Å². The van der Waals surface area contributed by atoms with Crippen molar-refractivity contribution in [2.24, 2.45) is 36.1 Å². The minimum Gasteiger partial charge on any atom is -0.508 e. The van der Waals surface area contributed by atoms with Crippen LogP contribution in [0.25, 0.3) is 20.7 Å². The molecule has 19 heteroatoms. The van der Waals surface area contributed by atoms with Crippen molar-refractivity contribution in [3.8, 4) is 16.3 Å². The van der Waals surface area contributed by atoms with E-state index in [0.29, 0.717) is 16.3 Å². The van der Waals surface area contributed by atoms with Gasteiger partial charge in [-0.15, -0.1) is 11.3 Å². The first-order valence-electron chi connectivity index (χ1n) is 19.2. The number of nitro benzene ring substituents is 2. The quantitative estimate of drug-likeness (QED) is 0.0720. The second kappa shape index (κ2) is 13.9. The van der Waals surface area contributed by atoms with E-state index in [-0.39, 0.29) is 46.4 Å². The van der Waals surface area contributed by atoms with E-state index < -0.39 is 79.9 Å². The molecular formula is C42H35Cl2N7O9S. The maximum atomic E-state index is 15.2. The van der Waals surface area contributed by atoms with Crippen LogP contribution in [0.1, 0.15) is 36.8 Å². The number of nitrogens with zero attached hydrogens (tertiary/aromatic N) is 7. The molecule has 9 rings (SSSR count). The zero-order valence-corrected chi connectivity index (χ0v) is 35.4. The lowest BCUT2D eigenvalue weighted by Crippen LogP contribution is -2.49. The predicted molar refractivity (Wildman–Crippen MR) is 228 cm³/mol. The number of aryl methyl sites for hydroxylation is 2. The van der Waals surface area contributed by atoms with Crippen LogP contribution >= 0.6 is 34.5 Å². The number of allylic oxidation sites excluding steroid dienone is 2. The van der Waals surface area contributed by atoms with Crippen LogP contribution in [-0.2, 0) is 26.2 Å². The molecule has 1 N–H and O–H groups in total. The van der Waals surface area contributed by atoms with Crippen LogP contribution in [0.4, 0.5) is 28.6 Å². The van der Waals surface area contributed by atoms with Gasteiger partial charge >= 0.3 is 11.4 Å². The molecule has 0 unspecified atom stereocenters. The average Bonchev–Trinajstić information content (AvgIpc) is 3.88. The van der Waals surface area contributed by atoms with Gasteiger partial charge in [0.25, 0.3) is 0 Å². The molecule has 3 aromatic carbocycles. The number of phenols is 1. The number of aromatic hydroxyl groups is 1. The minimum absolute atomic E-state index is 0.00673. The first-order valence-corrected chi connectivity index (χ1v) is 20.7. The number of rotatable bonds is 7. The van der Waals surface area contributed by atoms with E-state index >= 15 is 4.79 Å². The van der Waals surface area contributed by atoms with E-state index in [1.165, 1.54) is 53.2 Å². The fourth-order valence-corrected chi connectivity index (χ4v) is 11.8. The Bertz CT molecular complexity index is 2850. The van der Waals surface area contributed by atoms with Gasteiger partial charge in [0.1, 0.15) is 17.3 Å². The Kier molecular flexibility index (Phi) is 9.19. The van der Waals surface area contributed by atoms with Gasteiger partial charge in [0.2, 0.25) is 23.6 Å². The van der Waals surface area contributed by atoms with Crippen molar-refractivity contribution in [3.63, 3.8) is 0 Å². The zero-order valence-electron chi connectivity index (χ0n) is 33.1. The van der Waals surface area contributed by atoms with Gasteiger partial charge in [0, 0.05) is 65.6 Å². The number of phenolic OH excluding ortho intramolecular Hbond substituents is 1. The highest BCUT2D eigenvalue weighted by Gasteiger charge is 2.68. The average molecular weight is 885 g/mol. The van der Waals surface area contributed by atoms with Crippen LogP contribution in [0.3, 0.4) is 0 Å². The topological polar surface area (TPSA) is 202 Å². The fraction of sp³-hybridized carbons (Fsp3) is 0.310. The number of aromatic nitrogens is 2. The van der Waals surface area contributed by atoms with Gasteiger partial charge in [-0.2, -0.15) is 5.10 Å². The first-order chi connectivity index (χ1) is 28.8. The zero-order chi connectivity index (χ0) is 43.7. The molecule has 16 nitrogen and oxygen atoms in total. The second-order valence-corrected chi connectivity index (χ2v) is 18.3. The van der Waals surface area contributed by atoms with E-state index in [4.69, 9.17) is 28.3 Å². The number of imide groups is 2. The number of amides is 4. The Morgan fingerprint density at radius 3 is 2.21 bits per heavy atom. The predicted octanol–water partition coefficient (Wildman–Crippen LogP) is 7.94. The third-order valence-electron chi connectivity index (χ3n) is 12.9. The van der Waals surface area contributed by atoms with Gasteiger partial charge in [-0.25, -0.2) is 9.80 Å². The normalized spacial score (nSPS) is 24.6. The van der Waals surface area contributed by atoms with Gasteiger partial charge in [-0.1, -0.05) is 34.9 Å². The third kappa shape index (κ3) is 5.73. The van der Waals surface area contributed by atoms with Crippen LogP contribution in [0.2, 0.25) is 10.0 Å². The monoisotopic (exact) mass is 883 g/mol. The molecule has 1 saturated carbocycles. The number of thiophene rings is 1. The number of hydrogen-bond acceptors (Lipinski definition) is 12. The fourth-order valence-electron chi connectivity index (χ4n) is 10.3. The van der Waals surface area contributed by atoms with Gasteiger partial charge in [-0.05, 0) is 80.0 Å². The highest BCUT2D eigenvalue weighted by molar-refractivity contribution is 7.22. The molecule has 0 radical (unpaired) electrons. The van der Waals surface area contributed by atoms with Crippen LogP contribution in [-0.4, -0.2) is 62.5 Å². The van der Waals surface area contributed by atoms with Crippen LogP contribution < -0.4 is 14.7 Å². The molecule has 5 aromatic rings. The van der Waals surface area contributed by atoms with Crippen molar-refractivity contribution in [2.75, 3.05) is 28.8 Å². The van der Waals surface area contributed by atoms with Crippen molar-refractivity contribution in [2.45, 2.75) is 32.6 Å². The van der Waals surface area contributed by atoms with Gasteiger partial charge in [0.15, 0.2) is 5.69 Å².